The fourth-order valence-corrected chi connectivity index (χ4v) is 3.99. The maximum absolute atomic E-state index is 12.9. The fourth-order valence-electron chi connectivity index (χ4n) is 3.16. The summed E-state index contributed by atoms with van der Waals surface area (Å²) < 4.78 is 38.6. The average molecular weight is 425 g/mol. The van der Waals surface area contributed by atoms with Crippen molar-refractivity contribution in [3.05, 3.63) is 51.5 Å². The lowest BCUT2D eigenvalue weighted by Gasteiger charge is -2.17. The first-order valence-electron chi connectivity index (χ1n) is 9.29. The monoisotopic (exact) mass is 425 g/mol. The van der Waals surface area contributed by atoms with Crippen LogP contribution in [0.15, 0.2) is 29.6 Å². The molecule has 5 nitrogen and oxygen atoms in total. The maximum atomic E-state index is 12.9. The molecule has 1 aliphatic heterocycles. The van der Waals surface area contributed by atoms with Gasteiger partial charge in [0.1, 0.15) is 0 Å². The third-order valence-corrected chi connectivity index (χ3v) is 5.91. The van der Waals surface area contributed by atoms with Crippen LogP contribution in [0.1, 0.15) is 48.0 Å². The smallest absolute Gasteiger partial charge is 0.350 e. The van der Waals surface area contributed by atoms with Crippen LogP contribution in [0.5, 0.6) is 0 Å². The molecule has 9 heteroatoms. The number of hydrogen-bond acceptors (Lipinski definition) is 4. The Morgan fingerprint density at radius 3 is 2.79 bits per heavy atom. The lowest BCUT2D eigenvalue weighted by molar-refractivity contribution is -0.137. The van der Waals surface area contributed by atoms with Gasteiger partial charge in [-0.15, -0.1) is 11.3 Å². The highest BCUT2D eigenvalue weighted by molar-refractivity contribution is 7.09. The van der Waals surface area contributed by atoms with E-state index in [2.05, 4.69) is 10.3 Å². The van der Waals surface area contributed by atoms with Crippen LogP contribution in [-0.4, -0.2) is 28.2 Å². The molecule has 1 N–H and O–H groups in total. The van der Waals surface area contributed by atoms with Gasteiger partial charge in [-0.1, -0.05) is 26.0 Å². The number of amides is 2. The summed E-state index contributed by atoms with van der Waals surface area (Å²) >= 11 is 1.54. The van der Waals surface area contributed by atoms with Crippen LogP contribution in [0.2, 0.25) is 0 Å². The summed E-state index contributed by atoms with van der Waals surface area (Å²) in [7, 11) is 0. The minimum absolute atomic E-state index is 0.0520. The quantitative estimate of drug-likeness (QED) is 0.762. The van der Waals surface area contributed by atoms with Crippen molar-refractivity contribution in [2.45, 2.75) is 45.5 Å². The molecule has 0 aliphatic carbocycles. The SMILES string of the molecule is CC(C)c1nc(CNC(=O)C2CC(=O)N(Cc3cccc(C(F)(F)F)c3)C2)cs1. The molecule has 0 radical (unpaired) electrons. The summed E-state index contributed by atoms with van der Waals surface area (Å²) in [6.07, 6.45) is -4.38. The Morgan fingerprint density at radius 1 is 1.38 bits per heavy atom. The molecule has 1 aromatic carbocycles. The average Bonchev–Trinajstić information content (AvgIpc) is 3.27. The van der Waals surface area contributed by atoms with Crippen molar-refractivity contribution in [2.24, 2.45) is 5.92 Å². The Morgan fingerprint density at radius 2 is 2.14 bits per heavy atom. The topological polar surface area (TPSA) is 62.3 Å². The van der Waals surface area contributed by atoms with Crippen molar-refractivity contribution in [3.8, 4) is 0 Å². The third-order valence-electron chi connectivity index (χ3n) is 4.72. The molecule has 1 atom stereocenters. The van der Waals surface area contributed by atoms with Gasteiger partial charge in [-0.25, -0.2) is 4.98 Å². The zero-order valence-corrected chi connectivity index (χ0v) is 16.9. The molecule has 1 aliphatic rings. The number of thiazole rings is 1. The summed E-state index contributed by atoms with van der Waals surface area (Å²) in [5.41, 5.74) is 0.412. The van der Waals surface area contributed by atoms with Crippen LogP contribution >= 0.6 is 11.3 Å². The van der Waals surface area contributed by atoms with Gasteiger partial charge in [0.25, 0.3) is 0 Å². The number of nitrogens with zero attached hydrogens (tertiary/aromatic N) is 2. The van der Waals surface area contributed by atoms with Gasteiger partial charge in [-0.05, 0) is 17.7 Å². The second kappa shape index (κ2) is 8.52. The molecule has 2 amide bonds. The van der Waals surface area contributed by atoms with Crippen molar-refractivity contribution in [1.29, 1.82) is 0 Å². The van der Waals surface area contributed by atoms with Crippen molar-refractivity contribution in [1.82, 2.24) is 15.2 Å². The van der Waals surface area contributed by atoms with E-state index in [0.29, 0.717) is 18.0 Å². The lowest BCUT2D eigenvalue weighted by Crippen LogP contribution is -2.32. The summed E-state index contributed by atoms with van der Waals surface area (Å²) in [6, 6.07) is 4.90. The maximum Gasteiger partial charge on any atom is 0.416 e. The Bertz CT molecular complexity index is 895. The first kappa shape index (κ1) is 21.3. The molecule has 1 unspecified atom stereocenters. The van der Waals surface area contributed by atoms with Crippen LogP contribution in [0, 0.1) is 5.92 Å². The normalized spacial score (nSPS) is 17.2. The number of halogens is 3. The highest BCUT2D eigenvalue weighted by atomic mass is 32.1. The number of nitrogens with one attached hydrogen (secondary N) is 1. The van der Waals surface area contributed by atoms with E-state index < -0.39 is 17.7 Å². The van der Waals surface area contributed by atoms with Crippen LogP contribution < -0.4 is 5.32 Å². The molecule has 156 valence electrons. The molecule has 29 heavy (non-hydrogen) atoms. The number of alkyl halides is 3. The number of aromatic nitrogens is 1. The van der Waals surface area contributed by atoms with Gasteiger partial charge in [0.2, 0.25) is 11.8 Å². The molecule has 1 aromatic heterocycles. The molecule has 1 saturated heterocycles. The van der Waals surface area contributed by atoms with E-state index in [1.807, 2.05) is 19.2 Å². The number of rotatable bonds is 6. The third kappa shape index (κ3) is 5.35. The number of likely N-dealkylation sites (tertiary alicyclic amines) is 1. The van der Waals surface area contributed by atoms with E-state index in [-0.39, 0.29) is 31.3 Å². The van der Waals surface area contributed by atoms with Gasteiger partial charge in [-0.3, -0.25) is 9.59 Å². The Hall–Kier alpha value is -2.42. The Labute approximate surface area is 170 Å². The highest BCUT2D eigenvalue weighted by Crippen LogP contribution is 2.30. The predicted octanol–water partition coefficient (Wildman–Crippen LogP) is 3.95. The second-order valence-electron chi connectivity index (χ2n) is 7.42. The first-order chi connectivity index (χ1) is 13.6. The van der Waals surface area contributed by atoms with Gasteiger partial charge in [0.15, 0.2) is 0 Å². The molecule has 0 bridgehead atoms. The van der Waals surface area contributed by atoms with E-state index in [0.717, 1.165) is 22.8 Å². The van der Waals surface area contributed by atoms with Gasteiger partial charge in [0.05, 0.1) is 28.7 Å². The summed E-state index contributed by atoms with van der Waals surface area (Å²) in [5, 5.41) is 5.70. The fraction of sp³-hybridized carbons (Fsp3) is 0.450. The van der Waals surface area contributed by atoms with Crippen LogP contribution in [0.25, 0.3) is 0 Å². The number of hydrogen-bond donors (Lipinski definition) is 1. The molecule has 3 rings (SSSR count). The van der Waals surface area contributed by atoms with Crippen LogP contribution in [0.4, 0.5) is 13.2 Å². The molecule has 1 fully saturated rings. The Balaban J connectivity index is 1.56. The van der Waals surface area contributed by atoms with Gasteiger partial charge >= 0.3 is 6.18 Å². The van der Waals surface area contributed by atoms with E-state index >= 15 is 0 Å². The molecule has 2 aromatic rings. The molecular weight excluding hydrogens is 403 g/mol. The molecule has 0 saturated carbocycles. The predicted molar refractivity (Wildman–Crippen MR) is 103 cm³/mol. The van der Waals surface area contributed by atoms with E-state index in [1.165, 1.54) is 11.0 Å². The van der Waals surface area contributed by atoms with Crippen molar-refractivity contribution in [2.75, 3.05) is 6.54 Å². The second-order valence-corrected chi connectivity index (χ2v) is 8.31. The van der Waals surface area contributed by atoms with Crippen LogP contribution in [0.3, 0.4) is 0 Å². The number of carbonyl (C=O) groups excluding carboxylic acids is 2. The summed E-state index contributed by atoms with van der Waals surface area (Å²) in [6.45, 7) is 4.63. The van der Waals surface area contributed by atoms with E-state index in [4.69, 9.17) is 0 Å². The van der Waals surface area contributed by atoms with Crippen molar-refractivity contribution >= 4 is 23.2 Å². The summed E-state index contributed by atoms with van der Waals surface area (Å²) in [4.78, 5) is 30.6. The van der Waals surface area contributed by atoms with Crippen molar-refractivity contribution in [3.63, 3.8) is 0 Å². The molecule has 0 spiro atoms. The summed E-state index contributed by atoms with van der Waals surface area (Å²) in [5.74, 6) is -0.680. The minimum atomic E-state index is -4.43. The zero-order chi connectivity index (χ0) is 21.2. The Kier molecular flexibility index (Phi) is 6.26. The zero-order valence-electron chi connectivity index (χ0n) is 16.1. The molecule has 2 heterocycles. The standard InChI is InChI=1S/C20H22F3N3O2S/c1-12(2)19-25-16(11-29-19)8-24-18(28)14-7-17(27)26(10-14)9-13-4-3-5-15(6-13)20(21,22)23/h3-6,11-12,14H,7-10H2,1-2H3,(H,24,28). The highest BCUT2D eigenvalue weighted by Gasteiger charge is 2.35. The molecular formula is C20H22F3N3O2S. The van der Waals surface area contributed by atoms with E-state index in [1.54, 1.807) is 17.4 Å². The van der Waals surface area contributed by atoms with Crippen molar-refractivity contribution < 1.29 is 22.8 Å². The van der Waals surface area contributed by atoms with Gasteiger partial charge in [-0.2, -0.15) is 13.2 Å². The van der Waals surface area contributed by atoms with Crippen LogP contribution in [-0.2, 0) is 28.9 Å². The van der Waals surface area contributed by atoms with Gasteiger partial charge in [0, 0.05) is 30.8 Å². The lowest BCUT2D eigenvalue weighted by atomic mass is 10.1. The van der Waals surface area contributed by atoms with E-state index in [9.17, 15) is 22.8 Å². The van der Waals surface area contributed by atoms with Gasteiger partial charge < -0.3 is 10.2 Å². The largest absolute Gasteiger partial charge is 0.416 e. The number of carbonyl (C=O) groups is 2. The minimum Gasteiger partial charge on any atom is -0.350 e. The number of benzene rings is 1. The first-order valence-corrected chi connectivity index (χ1v) is 10.2.